The van der Waals surface area contributed by atoms with Crippen LogP contribution in [0.5, 0.6) is 5.75 Å². The zero-order valence-electron chi connectivity index (χ0n) is 13.6. The highest BCUT2D eigenvalue weighted by Crippen LogP contribution is 2.32. The van der Waals surface area contributed by atoms with Gasteiger partial charge in [-0.1, -0.05) is 11.6 Å². The molecular weight excluding hydrogens is 383 g/mol. The lowest BCUT2D eigenvalue weighted by Gasteiger charge is -2.11. The van der Waals surface area contributed by atoms with E-state index >= 15 is 0 Å². The van der Waals surface area contributed by atoms with Crippen molar-refractivity contribution in [1.29, 1.82) is 0 Å². The molecule has 0 unspecified atom stereocenters. The minimum Gasteiger partial charge on any atom is -0.491 e. The fourth-order valence-corrected chi connectivity index (χ4v) is 3.20. The van der Waals surface area contributed by atoms with Crippen LogP contribution >= 0.6 is 11.6 Å². The molecule has 3 rings (SSSR count). The predicted molar refractivity (Wildman–Crippen MR) is 95.0 cm³/mol. The summed E-state index contributed by atoms with van der Waals surface area (Å²) in [5, 5.41) is 0.160. The third-order valence-corrected chi connectivity index (χ3v) is 4.79. The predicted octanol–water partition coefficient (Wildman–Crippen LogP) is 3.98. The molecule has 1 aromatic heterocycles. The number of imidazole rings is 1. The molecule has 26 heavy (non-hydrogen) atoms. The van der Waals surface area contributed by atoms with Gasteiger partial charge in [-0.3, -0.25) is 9.12 Å². The third-order valence-electron chi connectivity index (χ3n) is 3.64. The molecule has 9 heteroatoms. The van der Waals surface area contributed by atoms with Crippen LogP contribution in [0.4, 0.5) is 4.39 Å². The van der Waals surface area contributed by atoms with Gasteiger partial charge in [-0.05, 0) is 49.4 Å². The van der Waals surface area contributed by atoms with E-state index < -0.39 is 15.9 Å². The normalized spacial score (nSPS) is 11.5. The van der Waals surface area contributed by atoms with Gasteiger partial charge < -0.3 is 4.74 Å². The number of ether oxygens (including phenoxy) is 1. The summed E-state index contributed by atoms with van der Waals surface area (Å²) in [6, 6.07) is 9.91. The molecule has 0 radical (unpaired) electrons. The van der Waals surface area contributed by atoms with E-state index in [1.54, 1.807) is 17.6 Å². The van der Waals surface area contributed by atoms with Crippen LogP contribution in [0.2, 0.25) is 5.15 Å². The van der Waals surface area contributed by atoms with Crippen molar-refractivity contribution in [3.05, 3.63) is 59.8 Å². The van der Waals surface area contributed by atoms with Crippen LogP contribution in [-0.2, 0) is 10.1 Å². The molecule has 1 N–H and O–H groups in total. The highest BCUT2D eigenvalue weighted by Gasteiger charge is 2.16. The topological polar surface area (TPSA) is 81.4 Å². The quantitative estimate of drug-likeness (QED) is 0.660. The largest absolute Gasteiger partial charge is 0.491 e. The monoisotopic (exact) mass is 396 g/mol. The maximum Gasteiger partial charge on any atom is 0.294 e. The molecule has 0 aliphatic heterocycles. The zero-order chi connectivity index (χ0) is 18.9. The molecule has 0 saturated heterocycles. The first-order valence-electron chi connectivity index (χ1n) is 7.54. The number of halogens is 2. The summed E-state index contributed by atoms with van der Waals surface area (Å²) >= 11 is 6.16. The van der Waals surface area contributed by atoms with Gasteiger partial charge in [0.15, 0.2) is 16.7 Å². The molecule has 0 saturated carbocycles. The molecule has 3 aromatic rings. The van der Waals surface area contributed by atoms with Gasteiger partial charge in [0.05, 0.1) is 17.2 Å². The number of aromatic nitrogens is 2. The minimum atomic E-state index is -4.29. The molecule has 0 amide bonds. The molecule has 0 aliphatic rings. The molecule has 0 atom stereocenters. The van der Waals surface area contributed by atoms with Crippen molar-refractivity contribution in [2.24, 2.45) is 0 Å². The fraction of sp³-hybridized carbons (Fsp3) is 0.118. The summed E-state index contributed by atoms with van der Waals surface area (Å²) in [6.45, 7) is 2.10. The van der Waals surface area contributed by atoms with E-state index in [-0.39, 0.29) is 15.8 Å². The van der Waals surface area contributed by atoms with Crippen LogP contribution in [0.1, 0.15) is 6.92 Å². The molecule has 1 heterocycles. The lowest BCUT2D eigenvalue weighted by Crippen LogP contribution is -2.00. The van der Waals surface area contributed by atoms with Crippen LogP contribution in [0.3, 0.4) is 0 Å². The molecule has 0 spiro atoms. The lowest BCUT2D eigenvalue weighted by atomic mass is 10.1. The van der Waals surface area contributed by atoms with E-state index in [2.05, 4.69) is 4.98 Å². The van der Waals surface area contributed by atoms with E-state index in [1.165, 1.54) is 42.7 Å². The number of nitrogens with zero attached hydrogens (tertiary/aromatic N) is 2. The second-order valence-corrected chi connectivity index (χ2v) is 7.08. The Kier molecular flexibility index (Phi) is 4.99. The number of benzene rings is 2. The maximum absolute atomic E-state index is 14.2. The molecule has 0 bridgehead atoms. The SMILES string of the molecule is CCOc1ccc(-c2c(Cl)ncn2-c2ccc(S(=O)(=O)O)cc2)cc1F. The first kappa shape index (κ1) is 18.4. The summed E-state index contributed by atoms with van der Waals surface area (Å²) in [5.74, 6) is -0.397. The fourth-order valence-electron chi connectivity index (χ4n) is 2.48. The van der Waals surface area contributed by atoms with Gasteiger partial charge in [0.1, 0.15) is 6.33 Å². The Hall–Kier alpha value is -2.42. The Morgan fingerprint density at radius 2 is 1.92 bits per heavy atom. The average Bonchev–Trinajstić information content (AvgIpc) is 2.98. The third kappa shape index (κ3) is 3.57. The van der Waals surface area contributed by atoms with Crippen LogP contribution < -0.4 is 4.74 Å². The summed E-state index contributed by atoms with van der Waals surface area (Å²) < 4.78 is 52.3. The number of hydrogen-bond acceptors (Lipinski definition) is 4. The van der Waals surface area contributed by atoms with Crippen molar-refractivity contribution in [2.75, 3.05) is 6.61 Å². The molecule has 136 valence electrons. The summed E-state index contributed by atoms with van der Waals surface area (Å²) in [4.78, 5) is 3.80. The zero-order valence-corrected chi connectivity index (χ0v) is 15.1. The van der Waals surface area contributed by atoms with Gasteiger partial charge in [-0.2, -0.15) is 8.42 Å². The Balaban J connectivity index is 2.06. The highest BCUT2D eigenvalue weighted by atomic mass is 35.5. The number of hydrogen-bond donors (Lipinski definition) is 1. The van der Waals surface area contributed by atoms with Gasteiger partial charge in [0, 0.05) is 11.3 Å². The smallest absolute Gasteiger partial charge is 0.294 e. The van der Waals surface area contributed by atoms with Gasteiger partial charge in [-0.25, -0.2) is 9.37 Å². The standard InChI is InChI=1S/C17H14ClFN2O4S/c1-2-25-15-8-3-11(9-14(15)19)16-17(18)20-10-21(16)12-4-6-13(7-5-12)26(22,23)24/h3-10H,2H2,1H3,(H,22,23,24). The van der Waals surface area contributed by atoms with Gasteiger partial charge in [-0.15, -0.1) is 0 Å². The molecule has 0 fully saturated rings. The maximum atomic E-state index is 14.2. The van der Waals surface area contributed by atoms with Crippen molar-refractivity contribution < 1.29 is 22.1 Å². The second-order valence-electron chi connectivity index (χ2n) is 5.30. The van der Waals surface area contributed by atoms with Crippen molar-refractivity contribution in [3.8, 4) is 22.7 Å². The average molecular weight is 397 g/mol. The van der Waals surface area contributed by atoms with E-state index in [0.29, 0.717) is 23.6 Å². The van der Waals surface area contributed by atoms with E-state index in [4.69, 9.17) is 20.9 Å². The van der Waals surface area contributed by atoms with Crippen molar-refractivity contribution >= 4 is 21.7 Å². The van der Waals surface area contributed by atoms with Crippen molar-refractivity contribution in [3.63, 3.8) is 0 Å². The van der Waals surface area contributed by atoms with Gasteiger partial charge >= 0.3 is 0 Å². The van der Waals surface area contributed by atoms with E-state index in [1.807, 2.05) is 0 Å². The Labute approximate surface area is 154 Å². The Morgan fingerprint density at radius 1 is 1.23 bits per heavy atom. The molecule has 0 aliphatic carbocycles. The van der Waals surface area contributed by atoms with Gasteiger partial charge in [0.25, 0.3) is 10.1 Å². The second kappa shape index (κ2) is 7.06. The van der Waals surface area contributed by atoms with E-state index in [0.717, 1.165) is 0 Å². The molecule has 2 aromatic carbocycles. The minimum absolute atomic E-state index is 0.135. The van der Waals surface area contributed by atoms with Gasteiger partial charge in [0.2, 0.25) is 0 Å². The van der Waals surface area contributed by atoms with Crippen LogP contribution in [0.25, 0.3) is 16.9 Å². The van der Waals surface area contributed by atoms with E-state index in [9.17, 15) is 12.8 Å². The molecule has 6 nitrogen and oxygen atoms in total. The van der Waals surface area contributed by atoms with Crippen LogP contribution in [-0.4, -0.2) is 29.1 Å². The van der Waals surface area contributed by atoms with Crippen molar-refractivity contribution in [1.82, 2.24) is 9.55 Å². The Bertz CT molecular complexity index is 1050. The highest BCUT2D eigenvalue weighted by molar-refractivity contribution is 7.85. The lowest BCUT2D eigenvalue weighted by molar-refractivity contribution is 0.321. The summed E-state index contributed by atoms with van der Waals surface area (Å²) in [5.41, 5.74) is 1.46. The van der Waals surface area contributed by atoms with Crippen molar-refractivity contribution in [2.45, 2.75) is 11.8 Å². The Morgan fingerprint density at radius 3 is 2.50 bits per heavy atom. The molecular formula is C17H14ClFN2O4S. The summed E-state index contributed by atoms with van der Waals surface area (Å²) in [7, 11) is -4.29. The first-order chi connectivity index (χ1) is 12.3. The first-order valence-corrected chi connectivity index (χ1v) is 9.36. The summed E-state index contributed by atoms with van der Waals surface area (Å²) in [6.07, 6.45) is 1.44. The van der Waals surface area contributed by atoms with Crippen LogP contribution in [0, 0.1) is 5.82 Å². The van der Waals surface area contributed by atoms with Crippen LogP contribution in [0.15, 0.2) is 53.7 Å². The number of rotatable bonds is 5.